The van der Waals surface area contributed by atoms with Crippen LogP contribution in [0.2, 0.25) is 0 Å². The van der Waals surface area contributed by atoms with Gasteiger partial charge in [-0.2, -0.15) is 0 Å². The van der Waals surface area contributed by atoms with Crippen molar-refractivity contribution in [1.82, 2.24) is 4.57 Å². The molecule has 1 N–H and O–H groups in total. The summed E-state index contributed by atoms with van der Waals surface area (Å²) in [7, 11) is 3.15. The molecule has 0 aliphatic heterocycles. The standard InChI is InChI=1S/C24H22N2O3S/c1-16-6-8-17(9-7-16)19-15-30-23(22(19)26-12-4-5-13-26)24(27)25-18-10-11-20(28-2)21(14-18)29-3/h4-15H,1-3H3,(H,25,27). The first-order valence-corrected chi connectivity index (χ1v) is 10.3. The van der Waals surface area contributed by atoms with Gasteiger partial charge in [0.15, 0.2) is 11.5 Å². The van der Waals surface area contributed by atoms with Gasteiger partial charge in [0.25, 0.3) is 5.91 Å². The molecule has 1 amide bonds. The first kappa shape index (κ1) is 19.8. The normalized spacial score (nSPS) is 10.6. The van der Waals surface area contributed by atoms with Gasteiger partial charge >= 0.3 is 0 Å². The van der Waals surface area contributed by atoms with E-state index < -0.39 is 0 Å². The third-order valence-corrected chi connectivity index (χ3v) is 5.81. The third kappa shape index (κ3) is 3.82. The largest absolute Gasteiger partial charge is 0.493 e. The predicted octanol–water partition coefficient (Wildman–Crippen LogP) is 5.78. The highest BCUT2D eigenvalue weighted by Crippen LogP contribution is 2.36. The molecule has 0 fully saturated rings. The van der Waals surface area contributed by atoms with Gasteiger partial charge in [0.1, 0.15) is 4.88 Å². The molecule has 0 aliphatic rings. The molecule has 2 aromatic carbocycles. The number of anilines is 1. The number of rotatable bonds is 6. The van der Waals surface area contributed by atoms with E-state index in [1.165, 1.54) is 16.9 Å². The van der Waals surface area contributed by atoms with Gasteiger partial charge in [-0.1, -0.05) is 29.8 Å². The van der Waals surface area contributed by atoms with Crippen LogP contribution in [0.15, 0.2) is 72.4 Å². The Balaban J connectivity index is 1.72. The highest BCUT2D eigenvalue weighted by atomic mass is 32.1. The molecule has 0 atom stereocenters. The summed E-state index contributed by atoms with van der Waals surface area (Å²) in [5.41, 5.74) is 4.80. The summed E-state index contributed by atoms with van der Waals surface area (Å²) in [6, 6.07) is 17.5. The van der Waals surface area contributed by atoms with Crippen molar-refractivity contribution in [2.75, 3.05) is 19.5 Å². The lowest BCUT2D eigenvalue weighted by atomic mass is 10.0. The second kappa shape index (κ2) is 8.47. The number of ether oxygens (including phenoxy) is 2. The first-order valence-electron chi connectivity index (χ1n) is 9.46. The number of nitrogens with zero attached hydrogens (tertiary/aromatic N) is 1. The number of hydrogen-bond donors (Lipinski definition) is 1. The number of carbonyl (C=O) groups excluding carboxylic acids is 1. The fourth-order valence-corrected chi connectivity index (χ4v) is 4.26. The average Bonchev–Trinajstić information content (AvgIpc) is 3.43. The number of carbonyl (C=O) groups is 1. The molecule has 0 saturated heterocycles. The van der Waals surface area contributed by atoms with Crippen molar-refractivity contribution in [3.05, 3.63) is 82.8 Å². The zero-order valence-electron chi connectivity index (χ0n) is 17.0. The quantitative estimate of drug-likeness (QED) is 0.432. The maximum atomic E-state index is 13.2. The van der Waals surface area contributed by atoms with E-state index in [2.05, 4.69) is 36.5 Å². The van der Waals surface area contributed by atoms with Crippen LogP contribution in [0.3, 0.4) is 0 Å². The van der Waals surface area contributed by atoms with Crippen LogP contribution < -0.4 is 14.8 Å². The summed E-state index contributed by atoms with van der Waals surface area (Å²) in [5, 5.41) is 5.01. The molecule has 152 valence electrons. The Morgan fingerprint density at radius 3 is 2.33 bits per heavy atom. The summed E-state index contributed by atoms with van der Waals surface area (Å²) in [6.07, 6.45) is 3.90. The van der Waals surface area contributed by atoms with Gasteiger partial charge in [-0.05, 0) is 36.8 Å². The van der Waals surface area contributed by atoms with Crippen molar-refractivity contribution >= 4 is 22.9 Å². The fraction of sp³-hybridized carbons (Fsp3) is 0.125. The van der Waals surface area contributed by atoms with Crippen molar-refractivity contribution in [3.8, 4) is 28.3 Å². The molecular weight excluding hydrogens is 396 g/mol. The van der Waals surface area contributed by atoms with E-state index in [1.807, 2.05) is 34.5 Å². The molecule has 4 rings (SSSR count). The Kier molecular flexibility index (Phi) is 5.59. The fourth-order valence-electron chi connectivity index (χ4n) is 3.29. The summed E-state index contributed by atoms with van der Waals surface area (Å²) in [4.78, 5) is 13.8. The zero-order chi connectivity index (χ0) is 21.1. The molecule has 5 nitrogen and oxygen atoms in total. The number of hydrogen-bond acceptors (Lipinski definition) is 4. The van der Waals surface area contributed by atoms with Gasteiger partial charge in [0.05, 0.1) is 19.9 Å². The Bertz CT molecular complexity index is 1160. The van der Waals surface area contributed by atoms with Crippen molar-refractivity contribution < 1.29 is 14.3 Å². The van der Waals surface area contributed by atoms with Crippen molar-refractivity contribution in [2.24, 2.45) is 0 Å². The SMILES string of the molecule is COc1ccc(NC(=O)c2scc(-c3ccc(C)cc3)c2-n2cccc2)cc1OC. The number of thiophene rings is 1. The summed E-state index contributed by atoms with van der Waals surface area (Å²) < 4.78 is 12.6. The second-order valence-corrected chi connectivity index (χ2v) is 7.69. The second-order valence-electron chi connectivity index (χ2n) is 6.81. The van der Waals surface area contributed by atoms with E-state index >= 15 is 0 Å². The van der Waals surface area contributed by atoms with Gasteiger partial charge in [-0.15, -0.1) is 11.3 Å². The molecule has 0 unspecified atom stereocenters. The minimum absolute atomic E-state index is 0.172. The lowest BCUT2D eigenvalue weighted by Crippen LogP contribution is -2.13. The van der Waals surface area contributed by atoms with E-state index in [0.717, 1.165) is 16.8 Å². The van der Waals surface area contributed by atoms with Gasteiger partial charge in [-0.3, -0.25) is 4.79 Å². The van der Waals surface area contributed by atoms with Crippen molar-refractivity contribution in [1.29, 1.82) is 0 Å². The maximum absolute atomic E-state index is 13.2. The monoisotopic (exact) mass is 418 g/mol. The van der Waals surface area contributed by atoms with Crippen LogP contribution in [-0.2, 0) is 0 Å². The molecule has 0 radical (unpaired) electrons. The van der Waals surface area contributed by atoms with Gasteiger partial charge in [-0.25, -0.2) is 0 Å². The van der Waals surface area contributed by atoms with Crippen LogP contribution in [-0.4, -0.2) is 24.7 Å². The van der Waals surface area contributed by atoms with Crippen LogP contribution in [0.4, 0.5) is 5.69 Å². The highest BCUT2D eigenvalue weighted by Gasteiger charge is 2.21. The summed E-state index contributed by atoms with van der Waals surface area (Å²) in [6.45, 7) is 2.06. The van der Waals surface area contributed by atoms with Gasteiger partial charge < -0.3 is 19.4 Å². The van der Waals surface area contributed by atoms with Crippen molar-refractivity contribution in [2.45, 2.75) is 6.92 Å². The summed E-state index contributed by atoms with van der Waals surface area (Å²) in [5.74, 6) is 1.00. The van der Waals surface area contributed by atoms with Crippen LogP contribution in [0.25, 0.3) is 16.8 Å². The Morgan fingerprint density at radius 2 is 1.67 bits per heavy atom. The van der Waals surface area contributed by atoms with Gasteiger partial charge in [0, 0.05) is 35.1 Å². The molecule has 2 heterocycles. The number of aryl methyl sites for hydroxylation is 1. The Labute approximate surface area is 179 Å². The Hall–Kier alpha value is -3.51. The summed E-state index contributed by atoms with van der Waals surface area (Å²) >= 11 is 1.43. The molecule has 4 aromatic rings. The molecule has 0 spiro atoms. The number of aromatic nitrogens is 1. The minimum Gasteiger partial charge on any atom is -0.493 e. The smallest absolute Gasteiger partial charge is 0.267 e. The molecule has 6 heteroatoms. The number of amides is 1. The number of benzene rings is 2. The molecule has 0 saturated carbocycles. The maximum Gasteiger partial charge on any atom is 0.267 e. The van der Waals surface area contributed by atoms with E-state index in [4.69, 9.17) is 9.47 Å². The van der Waals surface area contributed by atoms with Crippen molar-refractivity contribution in [3.63, 3.8) is 0 Å². The first-order chi connectivity index (χ1) is 14.6. The van der Waals surface area contributed by atoms with Crippen LogP contribution in [0.5, 0.6) is 11.5 Å². The van der Waals surface area contributed by atoms with Crippen LogP contribution in [0, 0.1) is 6.92 Å². The van der Waals surface area contributed by atoms with Crippen LogP contribution in [0.1, 0.15) is 15.2 Å². The highest BCUT2D eigenvalue weighted by molar-refractivity contribution is 7.13. The average molecular weight is 419 g/mol. The van der Waals surface area contributed by atoms with E-state index in [0.29, 0.717) is 22.1 Å². The molecule has 0 aliphatic carbocycles. The minimum atomic E-state index is -0.172. The lowest BCUT2D eigenvalue weighted by Gasteiger charge is -2.12. The zero-order valence-corrected chi connectivity index (χ0v) is 17.8. The Morgan fingerprint density at radius 1 is 0.967 bits per heavy atom. The van der Waals surface area contributed by atoms with E-state index in [1.54, 1.807) is 32.4 Å². The lowest BCUT2D eigenvalue weighted by molar-refractivity contribution is 0.103. The van der Waals surface area contributed by atoms with E-state index in [9.17, 15) is 4.79 Å². The topological polar surface area (TPSA) is 52.5 Å². The van der Waals surface area contributed by atoms with Gasteiger partial charge in [0.2, 0.25) is 0 Å². The molecule has 2 aromatic heterocycles. The van der Waals surface area contributed by atoms with Crippen LogP contribution >= 0.6 is 11.3 Å². The van der Waals surface area contributed by atoms with E-state index in [-0.39, 0.29) is 5.91 Å². The molecule has 0 bridgehead atoms. The number of methoxy groups -OCH3 is 2. The molecular formula is C24H22N2O3S. The number of nitrogens with one attached hydrogen (secondary N) is 1. The predicted molar refractivity (Wildman–Crippen MR) is 121 cm³/mol. The molecule has 30 heavy (non-hydrogen) atoms. The third-order valence-electron chi connectivity index (χ3n) is 4.84.